The highest BCUT2D eigenvalue weighted by Crippen LogP contribution is 2.15. The molecule has 0 N–H and O–H groups in total. The molecule has 3 nitrogen and oxygen atoms in total. The van der Waals surface area contributed by atoms with Gasteiger partial charge in [0, 0.05) is 6.20 Å². The number of rotatable bonds is 2. The van der Waals surface area contributed by atoms with Crippen molar-refractivity contribution in [3.05, 3.63) is 29.4 Å². The topological polar surface area (TPSA) is 38.7 Å². The SMILES string of the molecule is CCc1nc(-c2ccccn2)ns1. The highest BCUT2D eigenvalue weighted by molar-refractivity contribution is 7.05. The highest BCUT2D eigenvalue weighted by atomic mass is 32.1. The zero-order valence-electron chi connectivity index (χ0n) is 7.27. The van der Waals surface area contributed by atoms with Gasteiger partial charge in [-0.1, -0.05) is 13.0 Å². The van der Waals surface area contributed by atoms with Gasteiger partial charge in [-0.05, 0) is 30.1 Å². The molecule has 66 valence electrons. The van der Waals surface area contributed by atoms with Crippen LogP contribution in [0.15, 0.2) is 24.4 Å². The molecule has 2 heterocycles. The van der Waals surface area contributed by atoms with E-state index in [1.54, 1.807) is 6.20 Å². The Hall–Kier alpha value is -1.29. The molecule has 0 saturated heterocycles. The van der Waals surface area contributed by atoms with Crippen LogP contribution in [0.2, 0.25) is 0 Å². The van der Waals surface area contributed by atoms with Gasteiger partial charge in [0.1, 0.15) is 10.7 Å². The number of hydrogen-bond acceptors (Lipinski definition) is 4. The van der Waals surface area contributed by atoms with Gasteiger partial charge in [-0.2, -0.15) is 4.37 Å². The summed E-state index contributed by atoms with van der Waals surface area (Å²) < 4.78 is 4.23. The second-order valence-electron chi connectivity index (χ2n) is 2.58. The van der Waals surface area contributed by atoms with Crippen molar-refractivity contribution in [3.8, 4) is 11.5 Å². The van der Waals surface area contributed by atoms with Crippen molar-refractivity contribution in [2.75, 3.05) is 0 Å². The molecule has 0 aliphatic carbocycles. The van der Waals surface area contributed by atoms with Gasteiger partial charge in [0.25, 0.3) is 0 Å². The zero-order chi connectivity index (χ0) is 9.10. The normalized spacial score (nSPS) is 10.2. The molecule has 2 aromatic rings. The Bertz CT molecular complexity index is 383. The van der Waals surface area contributed by atoms with Gasteiger partial charge in [0.05, 0.1) is 0 Å². The second kappa shape index (κ2) is 3.62. The summed E-state index contributed by atoms with van der Waals surface area (Å²) in [5.41, 5.74) is 0.846. The number of nitrogens with zero attached hydrogens (tertiary/aromatic N) is 3. The van der Waals surface area contributed by atoms with E-state index in [9.17, 15) is 0 Å². The maximum absolute atomic E-state index is 4.34. The van der Waals surface area contributed by atoms with Crippen molar-refractivity contribution >= 4 is 11.5 Å². The van der Waals surface area contributed by atoms with Crippen LogP contribution in [0.4, 0.5) is 0 Å². The Balaban J connectivity index is 2.36. The summed E-state index contributed by atoms with van der Waals surface area (Å²) in [6, 6.07) is 5.74. The minimum absolute atomic E-state index is 0.738. The van der Waals surface area contributed by atoms with Crippen molar-refractivity contribution in [2.45, 2.75) is 13.3 Å². The Kier molecular flexibility index (Phi) is 2.31. The predicted octanol–water partition coefficient (Wildman–Crippen LogP) is 2.16. The van der Waals surface area contributed by atoms with Crippen LogP contribution in [0.3, 0.4) is 0 Å². The van der Waals surface area contributed by atoms with E-state index in [1.165, 1.54) is 11.5 Å². The molecule has 0 atom stereocenters. The van der Waals surface area contributed by atoms with E-state index < -0.39 is 0 Å². The molecule has 0 unspecified atom stereocenters. The van der Waals surface area contributed by atoms with Crippen molar-refractivity contribution in [1.82, 2.24) is 14.3 Å². The van der Waals surface area contributed by atoms with E-state index >= 15 is 0 Å². The maximum Gasteiger partial charge on any atom is 0.191 e. The Morgan fingerprint density at radius 2 is 2.31 bits per heavy atom. The fourth-order valence-corrected chi connectivity index (χ4v) is 1.58. The maximum atomic E-state index is 4.34. The van der Waals surface area contributed by atoms with Crippen LogP contribution in [0.25, 0.3) is 11.5 Å². The van der Waals surface area contributed by atoms with E-state index in [1.807, 2.05) is 18.2 Å². The number of pyridine rings is 1. The van der Waals surface area contributed by atoms with Crippen molar-refractivity contribution in [3.63, 3.8) is 0 Å². The van der Waals surface area contributed by atoms with Crippen LogP contribution in [0, 0.1) is 0 Å². The summed E-state index contributed by atoms with van der Waals surface area (Å²) in [5, 5.41) is 1.06. The van der Waals surface area contributed by atoms with E-state index in [2.05, 4.69) is 21.3 Å². The average Bonchev–Trinajstić information content (AvgIpc) is 2.67. The van der Waals surface area contributed by atoms with E-state index in [4.69, 9.17) is 0 Å². The number of hydrogen-bond donors (Lipinski definition) is 0. The summed E-state index contributed by atoms with van der Waals surface area (Å²) in [6.45, 7) is 2.07. The molecule has 0 aromatic carbocycles. The van der Waals surface area contributed by atoms with E-state index in [0.29, 0.717) is 0 Å². The lowest BCUT2D eigenvalue weighted by molar-refractivity contribution is 1.08. The third-order valence-electron chi connectivity index (χ3n) is 1.66. The van der Waals surface area contributed by atoms with Crippen molar-refractivity contribution in [1.29, 1.82) is 0 Å². The van der Waals surface area contributed by atoms with Gasteiger partial charge < -0.3 is 0 Å². The first-order chi connectivity index (χ1) is 6.40. The van der Waals surface area contributed by atoms with Gasteiger partial charge in [0.2, 0.25) is 0 Å². The lowest BCUT2D eigenvalue weighted by atomic mass is 10.3. The summed E-state index contributed by atoms with van der Waals surface area (Å²) >= 11 is 1.44. The molecule has 0 spiro atoms. The molecule has 13 heavy (non-hydrogen) atoms. The fraction of sp³-hybridized carbons (Fsp3) is 0.222. The average molecular weight is 191 g/mol. The fourth-order valence-electron chi connectivity index (χ4n) is 0.998. The zero-order valence-corrected chi connectivity index (χ0v) is 8.08. The molecule has 0 radical (unpaired) electrons. The Labute approximate surface area is 80.7 Å². The third-order valence-corrected chi connectivity index (χ3v) is 2.52. The third kappa shape index (κ3) is 1.72. The molecule has 2 rings (SSSR count). The van der Waals surface area contributed by atoms with E-state index in [-0.39, 0.29) is 0 Å². The molecule has 0 aliphatic heterocycles. The van der Waals surface area contributed by atoms with E-state index in [0.717, 1.165) is 22.9 Å². The first-order valence-corrected chi connectivity index (χ1v) is 4.91. The lowest BCUT2D eigenvalue weighted by Gasteiger charge is -1.90. The smallest absolute Gasteiger partial charge is 0.191 e. The van der Waals surface area contributed by atoms with Gasteiger partial charge >= 0.3 is 0 Å². The molecule has 2 aromatic heterocycles. The van der Waals surface area contributed by atoms with Crippen LogP contribution < -0.4 is 0 Å². The predicted molar refractivity (Wildman–Crippen MR) is 52.5 cm³/mol. The molecular formula is C9H9N3S. The van der Waals surface area contributed by atoms with Crippen LogP contribution in [0.5, 0.6) is 0 Å². The molecule has 0 bridgehead atoms. The first-order valence-electron chi connectivity index (χ1n) is 4.14. The molecule has 0 saturated carbocycles. The summed E-state index contributed by atoms with van der Waals surface area (Å²) in [5.74, 6) is 0.738. The monoisotopic (exact) mass is 191 g/mol. The number of aryl methyl sites for hydroxylation is 1. The largest absolute Gasteiger partial charge is 0.253 e. The molecule has 0 fully saturated rings. The van der Waals surface area contributed by atoms with Gasteiger partial charge in [-0.25, -0.2) is 4.98 Å². The van der Waals surface area contributed by atoms with Crippen molar-refractivity contribution < 1.29 is 0 Å². The van der Waals surface area contributed by atoms with Crippen LogP contribution in [0.1, 0.15) is 11.9 Å². The highest BCUT2D eigenvalue weighted by Gasteiger charge is 2.04. The minimum Gasteiger partial charge on any atom is -0.253 e. The molecule has 0 amide bonds. The summed E-state index contributed by atoms with van der Waals surface area (Å²) in [7, 11) is 0. The molecule has 4 heteroatoms. The summed E-state index contributed by atoms with van der Waals surface area (Å²) in [4.78, 5) is 8.52. The first kappa shape index (κ1) is 8.31. The molecule has 0 aliphatic rings. The second-order valence-corrected chi connectivity index (χ2v) is 3.42. The van der Waals surface area contributed by atoms with Crippen LogP contribution in [-0.4, -0.2) is 14.3 Å². The Morgan fingerprint density at radius 3 is 2.92 bits per heavy atom. The van der Waals surface area contributed by atoms with Gasteiger partial charge in [0.15, 0.2) is 5.82 Å². The van der Waals surface area contributed by atoms with Crippen LogP contribution >= 0.6 is 11.5 Å². The summed E-state index contributed by atoms with van der Waals surface area (Å²) in [6.07, 6.45) is 2.69. The van der Waals surface area contributed by atoms with Crippen LogP contribution in [-0.2, 0) is 6.42 Å². The molecular weight excluding hydrogens is 182 g/mol. The van der Waals surface area contributed by atoms with Gasteiger partial charge in [-0.3, -0.25) is 4.98 Å². The lowest BCUT2D eigenvalue weighted by Crippen LogP contribution is -1.84. The minimum atomic E-state index is 0.738. The van der Waals surface area contributed by atoms with Crippen molar-refractivity contribution in [2.24, 2.45) is 0 Å². The standard InChI is InChI=1S/C9H9N3S/c1-2-8-11-9(12-13-8)7-5-3-4-6-10-7/h3-6H,2H2,1H3. The number of aromatic nitrogens is 3. The van der Waals surface area contributed by atoms with Gasteiger partial charge in [-0.15, -0.1) is 0 Å². The Morgan fingerprint density at radius 1 is 1.38 bits per heavy atom. The quantitative estimate of drug-likeness (QED) is 0.730.